The molecule has 0 bridgehead atoms. The Morgan fingerprint density at radius 1 is 1.21 bits per heavy atom. The highest BCUT2D eigenvalue weighted by molar-refractivity contribution is 5.94. The summed E-state index contributed by atoms with van der Waals surface area (Å²) in [5.74, 6) is 0.691. The van der Waals surface area contributed by atoms with Gasteiger partial charge in [-0.15, -0.1) is 0 Å². The number of H-pyrrole nitrogens is 1. The summed E-state index contributed by atoms with van der Waals surface area (Å²) < 4.78 is 0. The molecule has 3 nitrogen and oxygen atoms in total. The first-order chi connectivity index (χ1) is 9.24. The molecule has 0 unspecified atom stereocenters. The Hall–Kier alpha value is -1.48. The number of aliphatic hydroxyl groups excluding tert-OH is 1. The number of aryl methyl sites for hydroxylation is 1. The van der Waals surface area contributed by atoms with Gasteiger partial charge in [0.05, 0.1) is 11.8 Å². The molecule has 3 rings (SSSR count). The van der Waals surface area contributed by atoms with Crippen molar-refractivity contribution < 1.29 is 5.11 Å². The highest BCUT2D eigenvalue weighted by atomic mass is 16.3. The number of fused-ring (bicyclic) bond motifs is 1. The summed E-state index contributed by atoms with van der Waals surface area (Å²) in [7, 11) is 0. The van der Waals surface area contributed by atoms with E-state index in [0.29, 0.717) is 5.92 Å². The van der Waals surface area contributed by atoms with Crippen molar-refractivity contribution in [2.45, 2.75) is 38.7 Å². The van der Waals surface area contributed by atoms with Crippen LogP contribution in [0.15, 0.2) is 24.3 Å². The molecule has 1 aromatic carbocycles. The molecule has 1 fully saturated rings. The Labute approximate surface area is 114 Å². The molecular formula is C16H22N2O. The fourth-order valence-electron chi connectivity index (χ4n) is 3.10. The van der Waals surface area contributed by atoms with Crippen molar-refractivity contribution in [1.29, 1.82) is 0 Å². The molecule has 1 aliphatic rings. The summed E-state index contributed by atoms with van der Waals surface area (Å²) in [6, 6.07) is 8.42. The van der Waals surface area contributed by atoms with Gasteiger partial charge >= 0.3 is 0 Å². The van der Waals surface area contributed by atoms with Crippen LogP contribution in [0.3, 0.4) is 0 Å². The predicted molar refractivity (Wildman–Crippen MR) is 79.5 cm³/mol. The maximum atomic E-state index is 9.54. The number of anilines is 1. The number of hydrogen-bond donors (Lipinski definition) is 3. The van der Waals surface area contributed by atoms with Crippen molar-refractivity contribution in [3.05, 3.63) is 30.0 Å². The zero-order valence-electron chi connectivity index (χ0n) is 11.4. The Morgan fingerprint density at radius 2 is 1.95 bits per heavy atom. The Balaban J connectivity index is 1.70. The SMILES string of the molecule is Cc1[nH]c2ccccc2c1NCC1CCC(O)CC1. The van der Waals surface area contributed by atoms with Crippen LogP contribution in [0.25, 0.3) is 10.9 Å². The smallest absolute Gasteiger partial charge is 0.0628 e. The van der Waals surface area contributed by atoms with Gasteiger partial charge in [0.25, 0.3) is 0 Å². The molecule has 0 saturated heterocycles. The van der Waals surface area contributed by atoms with E-state index in [1.165, 1.54) is 22.3 Å². The van der Waals surface area contributed by atoms with Crippen LogP contribution in [0.4, 0.5) is 5.69 Å². The second kappa shape index (κ2) is 5.25. The summed E-state index contributed by atoms with van der Waals surface area (Å²) in [6.07, 6.45) is 4.12. The zero-order chi connectivity index (χ0) is 13.2. The molecule has 102 valence electrons. The van der Waals surface area contributed by atoms with E-state index < -0.39 is 0 Å². The van der Waals surface area contributed by atoms with Gasteiger partial charge in [-0.2, -0.15) is 0 Å². The lowest BCUT2D eigenvalue weighted by Crippen LogP contribution is -2.23. The van der Waals surface area contributed by atoms with Gasteiger partial charge in [-0.05, 0) is 44.6 Å². The second-order valence-corrected chi connectivity index (χ2v) is 5.73. The molecule has 0 spiro atoms. The summed E-state index contributed by atoms with van der Waals surface area (Å²) >= 11 is 0. The van der Waals surface area contributed by atoms with Crippen LogP contribution in [0, 0.1) is 12.8 Å². The van der Waals surface area contributed by atoms with Gasteiger partial charge in [0.15, 0.2) is 0 Å². The molecule has 1 heterocycles. The maximum absolute atomic E-state index is 9.54. The van der Waals surface area contributed by atoms with Crippen LogP contribution < -0.4 is 5.32 Å². The first kappa shape index (κ1) is 12.5. The third-order valence-electron chi connectivity index (χ3n) is 4.28. The highest BCUT2D eigenvalue weighted by Crippen LogP contribution is 2.29. The fraction of sp³-hybridized carbons (Fsp3) is 0.500. The largest absolute Gasteiger partial charge is 0.393 e. The van der Waals surface area contributed by atoms with Crippen LogP contribution in [0.2, 0.25) is 0 Å². The summed E-state index contributed by atoms with van der Waals surface area (Å²) in [4.78, 5) is 3.42. The number of benzene rings is 1. The van der Waals surface area contributed by atoms with Gasteiger partial charge in [-0.3, -0.25) is 0 Å². The zero-order valence-corrected chi connectivity index (χ0v) is 11.4. The first-order valence-electron chi connectivity index (χ1n) is 7.23. The Bertz CT molecular complexity index is 553. The molecule has 1 aromatic heterocycles. The van der Waals surface area contributed by atoms with E-state index >= 15 is 0 Å². The van der Waals surface area contributed by atoms with Crippen molar-refractivity contribution in [1.82, 2.24) is 4.98 Å². The van der Waals surface area contributed by atoms with Crippen molar-refractivity contribution in [3.63, 3.8) is 0 Å². The molecule has 3 heteroatoms. The number of nitrogens with one attached hydrogen (secondary N) is 2. The van der Waals surface area contributed by atoms with Crippen LogP contribution in [-0.4, -0.2) is 22.7 Å². The molecule has 19 heavy (non-hydrogen) atoms. The summed E-state index contributed by atoms with van der Waals surface area (Å²) in [5, 5.41) is 14.4. The van der Waals surface area contributed by atoms with E-state index in [-0.39, 0.29) is 6.10 Å². The molecule has 0 atom stereocenters. The quantitative estimate of drug-likeness (QED) is 0.790. The average Bonchev–Trinajstić information content (AvgIpc) is 2.74. The lowest BCUT2D eigenvalue weighted by Gasteiger charge is -2.25. The average molecular weight is 258 g/mol. The third-order valence-corrected chi connectivity index (χ3v) is 4.28. The van der Waals surface area contributed by atoms with E-state index in [2.05, 4.69) is 41.5 Å². The maximum Gasteiger partial charge on any atom is 0.0628 e. The van der Waals surface area contributed by atoms with Crippen LogP contribution in [0.5, 0.6) is 0 Å². The van der Waals surface area contributed by atoms with Crippen LogP contribution in [0.1, 0.15) is 31.4 Å². The minimum Gasteiger partial charge on any atom is -0.393 e. The minimum atomic E-state index is -0.0638. The molecule has 0 radical (unpaired) electrons. The topological polar surface area (TPSA) is 48.0 Å². The van der Waals surface area contributed by atoms with Gasteiger partial charge in [0, 0.05) is 23.1 Å². The van der Waals surface area contributed by atoms with Crippen molar-refractivity contribution >= 4 is 16.6 Å². The molecule has 0 amide bonds. The van der Waals surface area contributed by atoms with E-state index in [1.54, 1.807) is 0 Å². The van der Waals surface area contributed by atoms with E-state index in [9.17, 15) is 5.11 Å². The first-order valence-corrected chi connectivity index (χ1v) is 7.23. The highest BCUT2D eigenvalue weighted by Gasteiger charge is 2.19. The standard InChI is InChI=1S/C16H22N2O/c1-11-16(14-4-2-3-5-15(14)18-11)17-10-12-6-8-13(19)9-7-12/h2-5,12-13,17-19H,6-10H2,1H3. The normalized spacial score (nSPS) is 23.7. The van der Waals surface area contributed by atoms with E-state index in [1.807, 2.05) is 0 Å². The summed E-state index contributed by atoms with van der Waals surface area (Å²) in [6.45, 7) is 3.13. The number of para-hydroxylation sites is 1. The predicted octanol–water partition coefficient (Wildman–Crippen LogP) is 3.44. The van der Waals surface area contributed by atoms with Crippen LogP contribution in [-0.2, 0) is 0 Å². The molecular weight excluding hydrogens is 236 g/mol. The molecule has 2 aromatic rings. The fourth-order valence-corrected chi connectivity index (χ4v) is 3.10. The Kier molecular flexibility index (Phi) is 3.47. The van der Waals surface area contributed by atoms with Gasteiger partial charge in [-0.25, -0.2) is 0 Å². The number of aliphatic hydroxyl groups is 1. The third kappa shape index (κ3) is 2.61. The second-order valence-electron chi connectivity index (χ2n) is 5.73. The van der Waals surface area contributed by atoms with Gasteiger partial charge in [0.2, 0.25) is 0 Å². The van der Waals surface area contributed by atoms with Crippen molar-refractivity contribution in [2.75, 3.05) is 11.9 Å². The lowest BCUT2D eigenvalue weighted by molar-refractivity contribution is 0.111. The number of rotatable bonds is 3. The van der Waals surface area contributed by atoms with Gasteiger partial charge < -0.3 is 15.4 Å². The van der Waals surface area contributed by atoms with Gasteiger partial charge in [-0.1, -0.05) is 18.2 Å². The lowest BCUT2D eigenvalue weighted by atomic mass is 9.87. The van der Waals surface area contributed by atoms with E-state index in [4.69, 9.17) is 0 Å². The number of aromatic nitrogens is 1. The monoisotopic (exact) mass is 258 g/mol. The van der Waals surface area contributed by atoms with Gasteiger partial charge in [0.1, 0.15) is 0 Å². The molecule has 1 saturated carbocycles. The van der Waals surface area contributed by atoms with Crippen molar-refractivity contribution in [2.24, 2.45) is 5.92 Å². The molecule has 3 N–H and O–H groups in total. The van der Waals surface area contributed by atoms with Crippen molar-refractivity contribution in [3.8, 4) is 0 Å². The number of aromatic amines is 1. The van der Waals surface area contributed by atoms with Crippen LogP contribution >= 0.6 is 0 Å². The minimum absolute atomic E-state index is 0.0638. The summed E-state index contributed by atoms with van der Waals surface area (Å²) in [5.41, 5.74) is 3.64. The Morgan fingerprint density at radius 3 is 2.74 bits per heavy atom. The number of hydrogen-bond acceptors (Lipinski definition) is 2. The molecule has 0 aliphatic heterocycles. The van der Waals surface area contributed by atoms with E-state index in [0.717, 1.165) is 32.2 Å². The molecule has 1 aliphatic carbocycles.